The summed E-state index contributed by atoms with van der Waals surface area (Å²) in [5.41, 5.74) is 25.2. The molecular formula is C58H45BN2O. The molecule has 1 spiro atoms. The van der Waals surface area contributed by atoms with E-state index in [0.29, 0.717) is 0 Å². The van der Waals surface area contributed by atoms with Gasteiger partial charge < -0.3 is 14.1 Å². The van der Waals surface area contributed by atoms with Crippen LogP contribution in [0, 0.1) is 6.92 Å². The summed E-state index contributed by atoms with van der Waals surface area (Å²) in [4.78, 5) is 5.38. The van der Waals surface area contributed by atoms with Gasteiger partial charge in [-0.3, -0.25) is 0 Å². The van der Waals surface area contributed by atoms with E-state index in [1.807, 2.05) is 0 Å². The average molecular weight is 797 g/mol. The number of rotatable bonds is 1. The molecule has 14 rings (SSSR count). The standard InChI is InChI=1S/C58H45BN2O/c1-34-31-40-38-26-28-51-52(39-17-8-13-24-50(39)62-51)54(38)61(35-25-27-43-46(33-35)57(4,5)30-29-56(43,2)3)59-47-22-14-21-45-55(47)60(49(32-34)53(40)59)48-23-12-11-20-44(48)58(45)41-18-9-6-15-36(41)37-16-7-10-19-42(37)58/h6-28,31-33H,29-30H2,1-5H3. The van der Waals surface area contributed by atoms with Crippen molar-refractivity contribution in [1.82, 2.24) is 0 Å². The lowest BCUT2D eigenvalue weighted by Gasteiger charge is -2.52. The van der Waals surface area contributed by atoms with Crippen molar-refractivity contribution in [1.29, 1.82) is 0 Å². The second kappa shape index (κ2) is 11.6. The summed E-state index contributed by atoms with van der Waals surface area (Å²) in [7, 11) is 0. The van der Waals surface area contributed by atoms with Crippen molar-refractivity contribution in [2.24, 2.45) is 0 Å². The lowest BCUT2D eigenvalue weighted by Crippen LogP contribution is -2.62. The molecule has 3 aliphatic heterocycles. The largest absolute Gasteiger partial charge is 0.456 e. The van der Waals surface area contributed by atoms with E-state index in [1.54, 1.807) is 0 Å². The maximum absolute atomic E-state index is 6.74. The quantitative estimate of drug-likeness (QED) is 0.154. The van der Waals surface area contributed by atoms with Crippen LogP contribution in [0.15, 0.2) is 162 Å². The Morgan fingerprint density at radius 3 is 1.97 bits per heavy atom. The Balaban J connectivity index is 1.15. The van der Waals surface area contributed by atoms with Gasteiger partial charge in [0.15, 0.2) is 0 Å². The highest BCUT2D eigenvalue weighted by molar-refractivity contribution is 6.94. The zero-order chi connectivity index (χ0) is 41.4. The maximum Gasteiger partial charge on any atom is 0.333 e. The molecule has 9 aromatic rings. The molecule has 2 aliphatic carbocycles. The van der Waals surface area contributed by atoms with Crippen LogP contribution in [0.4, 0.5) is 28.4 Å². The number of hydrogen-bond acceptors (Lipinski definition) is 3. The molecule has 0 fully saturated rings. The highest BCUT2D eigenvalue weighted by Crippen LogP contribution is 2.64. The SMILES string of the molecule is Cc1cc2c3c(c1)N1c4ccccc4C4(c5ccccc5-c5ccccc54)c4cccc(c41)B3N(c1ccc3c(c1)C(C)(C)CCC3(C)C)c1c-2ccc2oc3ccccc3c12. The lowest BCUT2D eigenvalue weighted by molar-refractivity contribution is 0.332. The van der Waals surface area contributed by atoms with E-state index in [1.165, 1.54) is 112 Å². The van der Waals surface area contributed by atoms with Crippen molar-refractivity contribution in [2.75, 3.05) is 9.71 Å². The normalized spacial score (nSPS) is 17.3. The predicted octanol–water partition coefficient (Wildman–Crippen LogP) is 13.6. The molecule has 0 N–H and O–H groups in total. The van der Waals surface area contributed by atoms with Crippen molar-refractivity contribution in [2.45, 2.75) is 63.7 Å². The summed E-state index contributed by atoms with van der Waals surface area (Å²) in [6.07, 6.45) is 2.34. The van der Waals surface area contributed by atoms with Gasteiger partial charge in [-0.25, -0.2) is 0 Å². The van der Waals surface area contributed by atoms with Gasteiger partial charge in [0.1, 0.15) is 11.2 Å². The second-order valence-electron chi connectivity index (χ2n) is 19.9. The highest BCUT2D eigenvalue weighted by Gasteiger charge is 2.56. The highest BCUT2D eigenvalue weighted by atomic mass is 16.3. The minimum atomic E-state index is -0.497. The fraction of sp³-hybridized carbons (Fsp3) is 0.172. The molecule has 296 valence electrons. The molecule has 4 heterocycles. The Morgan fingerprint density at radius 2 is 1.18 bits per heavy atom. The average Bonchev–Trinajstić information content (AvgIpc) is 3.82. The van der Waals surface area contributed by atoms with Crippen LogP contribution >= 0.6 is 0 Å². The molecule has 0 bridgehead atoms. The van der Waals surface area contributed by atoms with Crippen LogP contribution in [0.25, 0.3) is 44.2 Å². The summed E-state index contributed by atoms with van der Waals surface area (Å²) in [6.45, 7) is 11.9. The van der Waals surface area contributed by atoms with Crippen LogP contribution < -0.4 is 20.6 Å². The molecule has 4 heteroatoms. The van der Waals surface area contributed by atoms with Crippen molar-refractivity contribution >= 4 is 68.1 Å². The van der Waals surface area contributed by atoms with Crippen LogP contribution in [0.3, 0.4) is 0 Å². The van der Waals surface area contributed by atoms with Gasteiger partial charge in [-0.15, -0.1) is 0 Å². The molecule has 5 aliphatic rings. The molecule has 62 heavy (non-hydrogen) atoms. The van der Waals surface area contributed by atoms with E-state index in [2.05, 4.69) is 202 Å². The van der Waals surface area contributed by atoms with E-state index < -0.39 is 5.41 Å². The number of hydrogen-bond donors (Lipinski definition) is 0. The van der Waals surface area contributed by atoms with Gasteiger partial charge in [-0.1, -0.05) is 143 Å². The molecular weight excluding hydrogens is 751 g/mol. The summed E-state index contributed by atoms with van der Waals surface area (Å²) in [5.74, 6) is 0. The Hall–Kier alpha value is -6.78. The van der Waals surface area contributed by atoms with Crippen molar-refractivity contribution in [3.8, 4) is 22.3 Å². The van der Waals surface area contributed by atoms with Crippen LogP contribution in [0.1, 0.15) is 79.5 Å². The molecule has 0 saturated carbocycles. The van der Waals surface area contributed by atoms with Gasteiger partial charge in [0.05, 0.1) is 16.5 Å². The third-order valence-corrected chi connectivity index (χ3v) is 15.7. The van der Waals surface area contributed by atoms with Gasteiger partial charge in [-0.2, -0.15) is 0 Å². The molecule has 8 aromatic carbocycles. The molecule has 0 unspecified atom stereocenters. The third-order valence-electron chi connectivity index (χ3n) is 15.7. The molecule has 3 nitrogen and oxygen atoms in total. The summed E-state index contributed by atoms with van der Waals surface area (Å²) in [5, 5.41) is 2.33. The first-order valence-electron chi connectivity index (χ1n) is 22.4. The first kappa shape index (κ1) is 34.9. The smallest absolute Gasteiger partial charge is 0.333 e. The van der Waals surface area contributed by atoms with Crippen LogP contribution in [0.5, 0.6) is 0 Å². The zero-order valence-electron chi connectivity index (χ0n) is 35.8. The minimum absolute atomic E-state index is 0.0443. The number of aryl methyl sites for hydroxylation is 1. The van der Waals surface area contributed by atoms with E-state index in [4.69, 9.17) is 4.42 Å². The van der Waals surface area contributed by atoms with E-state index in [9.17, 15) is 0 Å². The van der Waals surface area contributed by atoms with Crippen molar-refractivity contribution < 1.29 is 4.42 Å². The van der Waals surface area contributed by atoms with Gasteiger partial charge in [0.25, 0.3) is 0 Å². The fourth-order valence-corrected chi connectivity index (χ4v) is 12.9. The van der Waals surface area contributed by atoms with Gasteiger partial charge in [-0.05, 0) is 140 Å². The number of nitrogens with zero attached hydrogens (tertiary/aromatic N) is 2. The number of para-hydroxylation sites is 3. The zero-order valence-corrected chi connectivity index (χ0v) is 35.8. The Bertz CT molecular complexity index is 3430. The second-order valence-corrected chi connectivity index (χ2v) is 19.9. The molecule has 1 aromatic heterocycles. The van der Waals surface area contributed by atoms with Crippen LogP contribution in [-0.2, 0) is 16.2 Å². The summed E-state index contributed by atoms with van der Waals surface area (Å²) in [6, 6.07) is 60.4. The lowest BCUT2D eigenvalue weighted by atomic mass is 9.42. The molecule has 0 saturated heterocycles. The van der Waals surface area contributed by atoms with E-state index in [0.717, 1.165) is 23.0 Å². The fourth-order valence-electron chi connectivity index (χ4n) is 12.9. The molecule has 0 radical (unpaired) electrons. The third kappa shape index (κ3) is 4.10. The van der Waals surface area contributed by atoms with Crippen molar-refractivity contribution in [3.63, 3.8) is 0 Å². The van der Waals surface area contributed by atoms with Gasteiger partial charge >= 0.3 is 6.85 Å². The number of benzene rings is 8. The van der Waals surface area contributed by atoms with E-state index >= 15 is 0 Å². The Labute approximate surface area is 363 Å². The van der Waals surface area contributed by atoms with Crippen molar-refractivity contribution in [3.05, 3.63) is 197 Å². The predicted molar refractivity (Wildman–Crippen MR) is 258 cm³/mol. The van der Waals surface area contributed by atoms with E-state index in [-0.39, 0.29) is 17.7 Å². The Kier molecular flexibility index (Phi) is 6.51. The monoisotopic (exact) mass is 796 g/mol. The van der Waals surface area contributed by atoms with Gasteiger partial charge in [0.2, 0.25) is 0 Å². The van der Waals surface area contributed by atoms with Crippen LogP contribution in [-0.4, -0.2) is 6.85 Å². The maximum atomic E-state index is 6.74. The first-order valence-corrected chi connectivity index (χ1v) is 22.4. The summed E-state index contributed by atoms with van der Waals surface area (Å²) < 4.78 is 6.74. The minimum Gasteiger partial charge on any atom is -0.456 e. The Morgan fingerprint density at radius 1 is 0.500 bits per heavy atom. The molecule has 0 atom stereocenters. The number of anilines is 5. The molecule has 0 amide bonds. The number of fused-ring (bicyclic) bond motifs is 18. The van der Waals surface area contributed by atoms with Gasteiger partial charge in [0, 0.05) is 33.7 Å². The summed E-state index contributed by atoms with van der Waals surface area (Å²) >= 11 is 0. The topological polar surface area (TPSA) is 19.6 Å². The van der Waals surface area contributed by atoms with Crippen LogP contribution in [0.2, 0.25) is 0 Å². The first-order chi connectivity index (χ1) is 30.2. The number of furan rings is 1.